The minimum Gasteiger partial charge on any atom is -0.384 e. The molecule has 0 aliphatic heterocycles. The van der Waals surface area contributed by atoms with Gasteiger partial charge in [0.1, 0.15) is 6.61 Å². The fourth-order valence-electron chi connectivity index (χ4n) is 1.76. The lowest BCUT2D eigenvalue weighted by Crippen LogP contribution is -2.35. The van der Waals surface area contributed by atoms with Gasteiger partial charge in [-0.25, -0.2) is 0 Å². The molecule has 1 aromatic rings. The van der Waals surface area contributed by atoms with E-state index in [4.69, 9.17) is 5.11 Å². The second-order valence-electron chi connectivity index (χ2n) is 4.73. The van der Waals surface area contributed by atoms with E-state index in [1.54, 1.807) is 11.3 Å². The number of hydrogen-bond donors (Lipinski definition) is 2. The minimum atomic E-state index is -0.130. The molecule has 0 saturated heterocycles. The standard InChI is InChI=1S/C14H18N2O2S/c1-16(10-14(18)15-12-4-5-12)9-13-11(3-2-7-17)6-8-19-13/h6,8,12,17H,4-5,7,9-10H2,1H3,(H,15,18). The van der Waals surface area contributed by atoms with E-state index in [9.17, 15) is 4.79 Å². The van der Waals surface area contributed by atoms with E-state index in [0.29, 0.717) is 19.1 Å². The predicted octanol–water partition coefficient (Wildman–Crippen LogP) is 0.802. The Morgan fingerprint density at radius 1 is 1.63 bits per heavy atom. The Balaban J connectivity index is 1.85. The van der Waals surface area contributed by atoms with Gasteiger partial charge in [-0.1, -0.05) is 11.8 Å². The molecule has 1 aromatic heterocycles. The van der Waals surface area contributed by atoms with E-state index >= 15 is 0 Å². The highest BCUT2D eigenvalue weighted by molar-refractivity contribution is 7.10. The topological polar surface area (TPSA) is 52.6 Å². The van der Waals surface area contributed by atoms with Crippen LogP contribution >= 0.6 is 11.3 Å². The summed E-state index contributed by atoms with van der Waals surface area (Å²) in [5.41, 5.74) is 0.938. The van der Waals surface area contributed by atoms with Gasteiger partial charge in [-0.05, 0) is 31.3 Å². The van der Waals surface area contributed by atoms with Crippen LogP contribution in [0.4, 0.5) is 0 Å². The van der Waals surface area contributed by atoms with Gasteiger partial charge in [0.05, 0.1) is 6.54 Å². The van der Waals surface area contributed by atoms with Gasteiger partial charge in [-0.15, -0.1) is 11.3 Å². The molecule has 5 heteroatoms. The maximum atomic E-state index is 11.7. The average molecular weight is 278 g/mol. The van der Waals surface area contributed by atoms with Gasteiger partial charge < -0.3 is 10.4 Å². The fourth-order valence-corrected chi connectivity index (χ4v) is 2.67. The van der Waals surface area contributed by atoms with Crippen molar-refractivity contribution in [3.63, 3.8) is 0 Å². The maximum absolute atomic E-state index is 11.7. The first kappa shape index (κ1) is 14.1. The van der Waals surface area contributed by atoms with E-state index in [1.807, 2.05) is 23.4 Å². The highest BCUT2D eigenvalue weighted by atomic mass is 32.1. The van der Waals surface area contributed by atoms with Crippen molar-refractivity contribution in [2.45, 2.75) is 25.4 Å². The van der Waals surface area contributed by atoms with Crippen molar-refractivity contribution in [2.75, 3.05) is 20.2 Å². The Morgan fingerprint density at radius 3 is 3.11 bits per heavy atom. The number of hydrogen-bond acceptors (Lipinski definition) is 4. The summed E-state index contributed by atoms with van der Waals surface area (Å²) in [5.74, 6) is 5.67. The lowest BCUT2D eigenvalue weighted by molar-refractivity contribution is -0.122. The van der Waals surface area contributed by atoms with Crippen molar-refractivity contribution in [1.82, 2.24) is 10.2 Å². The van der Waals surface area contributed by atoms with Crippen LogP contribution in [0.1, 0.15) is 23.3 Å². The number of nitrogens with zero attached hydrogens (tertiary/aromatic N) is 1. The quantitative estimate of drug-likeness (QED) is 0.784. The number of thiophene rings is 1. The molecular formula is C14H18N2O2S. The third kappa shape index (κ3) is 4.67. The molecule has 1 saturated carbocycles. The molecule has 2 N–H and O–H groups in total. The molecule has 1 amide bonds. The largest absolute Gasteiger partial charge is 0.384 e. The number of nitrogens with one attached hydrogen (secondary N) is 1. The van der Waals surface area contributed by atoms with Gasteiger partial charge in [0.25, 0.3) is 0 Å². The van der Waals surface area contributed by atoms with E-state index in [-0.39, 0.29) is 12.5 Å². The van der Waals surface area contributed by atoms with Crippen LogP contribution in [0.25, 0.3) is 0 Å². The lowest BCUT2D eigenvalue weighted by atomic mass is 10.2. The Morgan fingerprint density at radius 2 is 2.42 bits per heavy atom. The summed E-state index contributed by atoms with van der Waals surface area (Å²) in [6, 6.07) is 2.36. The number of amides is 1. The highest BCUT2D eigenvalue weighted by Crippen LogP contribution is 2.19. The van der Waals surface area contributed by atoms with Crippen LogP contribution < -0.4 is 5.32 Å². The van der Waals surface area contributed by atoms with Gasteiger partial charge in [0.15, 0.2) is 0 Å². The first-order valence-electron chi connectivity index (χ1n) is 6.33. The third-order valence-corrected chi connectivity index (χ3v) is 3.72. The predicted molar refractivity (Wildman–Crippen MR) is 75.8 cm³/mol. The number of carbonyl (C=O) groups is 1. The summed E-state index contributed by atoms with van der Waals surface area (Å²) in [6.45, 7) is 0.974. The smallest absolute Gasteiger partial charge is 0.234 e. The second-order valence-corrected chi connectivity index (χ2v) is 5.73. The third-order valence-electron chi connectivity index (χ3n) is 2.82. The van der Waals surface area contributed by atoms with Crippen LogP contribution in [-0.4, -0.2) is 42.2 Å². The molecule has 0 unspecified atom stereocenters. The lowest BCUT2D eigenvalue weighted by Gasteiger charge is -2.15. The molecule has 0 atom stereocenters. The van der Waals surface area contributed by atoms with Gasteiger partial charge in [0, 0.05) is 23.0 Å². The Hall–Kier alpha value is -1.35. The summed E-state index contributed by atoms with van der Waals surface area (Å²) in [5, 5.41) is 13.7. The Bertz CT molecular complexity index is 497. The van der Waals surface area contributed by atoms with Crippen molar-refractivity contribution in [3.05, 3.63) is 21.9 Å². The molecule has 0 aromatic carbocycles. The van der Waals surface area contributed by atoms with Crippen molar-refractivity contribution in [1.29, 1.82) is 0 Å². The highest BCUT2D eigenvalue weighted by Gasteiger charge is 2.23. The molecule has 1 heterocycles. The van der Waals surface area contributed by atoms with Crippen LogP contribution in [0.3, 0.4) is 0 Å². The maximum Gasteiger partial charge on any atom is 0.234 e. The molecule has 4 nitrogen and oxygen atoms in total. The monoisotopic (exact) mass is 278 g/mol. The Kier molecular flexibility index (Phi) is 4.97. The zero-order valence-corrected chi connectivity index (χ0v) is 11.8. The van der Waals surface area contributed by atoms with Crippen molar-refractivity contribution < 1.29 is 9.90 Å². The molecular weight excluding hydrogens is 260 g/mol. The first-order chi connectivity index (χ1) is 9.19. The van der Waals surface area contributed by atoms with Crippen LogP contribution in [-0.2, 0) is 11.3 Å². The number of likely N-dealkylation sites (N-methyl/N-ethyl adjacent to an activating group) is 1. The van der Waals surface area contributed by atoms with Crippen molar-refractivity contribution >= 4 is 17.2 Å². The van der Waals surface area contributed by atoms with Crippen LogP contribution in [0.2, 0.25) is 0 Å². The zero-order chi connectivity index (χ0) is 13.7. The van der Waals surface area contributed by atoms with Crippen LogP contribution in [0, 0.1) is 11.8 Å². The number of aliphatic hydroxyl groups excluding tert-OH is 1. The van der Waals surface area contributed by atoms with Crippen molar-refractivity contribution in [3.8, 4) is 11.8 Å². The average Bonchev–Trinajstić information content (AvgIpc) is 3.05. The molecule has 1 fully saturated rings. The molecule has 102 valence electrons. The molecule has 0 radical (unpaired) electrons. The van der Waals surface area contributed by atoms with Crippen LogP contribution in [0.5, 0.6) is 0 Å². The van der Waals surface area contributed by atoms with Gasteiger partial charge in [-0.3, -0.25) is 9.69 Å². The normalized spacial score (nSPS) is 14.1. The second kappa shape index (κ2) is 6.71. The molecule has 19 heavy (non-hydrogen) atoms. The molecule has 1 aliphatic carbocycles. The minimum absolute atomic E-state index is 0.0875. The number of rotatable bonds is 5. The van der Waals surface area contributed by atoms with E-state index in [0.717, 1.165) is 23.3 Å². The number of aliphatic hydroxyl groups is 1. The van der Waals surface area contributed by atoms with E-state index < -0.39 is 0 Å². The summed E-state index contributed by atoms with van der Waals surface area (Å²) in [7, 11) is 1.93. The summed E-state index contributed by atoms with van der Waals surface area (Å²) >= 11 is 1.62. The Labute approximate surface area is 117 Å². The van der Waals surface area contributed by atoms with E-state index in [1.165, 1.54) is 0 Å². The molecule has 1 aliphatic rings. The van der Waals surface area contributed by atoms with Gasteiger partial charge >= 0.3 is 0 Å². The molecule has 0 bridgehead atoms. The summed E-state index contributed by atoms with van der Waals surface area (Å²) in [6.07, 6.45) is 2.22. The summed E-state index contributed by atoms with van der Waals surface area (Å²) in [4.78, 5) is 14.8. The van der Waals surface area contributed by atoms with Gasteiger partial charge in [-0.2, -0.15) is 0 Å². The number of carbonyl (C=O) groups excluding carboxylic acids is 1. The van der Waals surface area contributed by atoms with E-state index in [2.05, 4.69) is 17.2 Å². The first-order valence-corrected chi connectivity index (χ1v) is 7.21. The van der Waals surface area contributed by atoms with Crippen molar-refractivity contribution in [2.24, 2.45) is 0 Å². The van der Waals surface area contributed by atoms with Crippen LogP contribution in [0.15, 0.2) is 11.4 Å². The SMILES string of the molecule is CN(CC(=O)NC1CC1)Cc1sccc1C#CCO. The summed E-state index contributed by atoms with van der Waals surface area (Å²) < 4.78 is 0. The molecule has 2 rings (SSSR count). The zero-order valence-electron chi connectivity index (χ0n) is 11.0. The fraction of sp³-hybridized carbons (Fsp3) is 0.500. The van der Waals surface area contributed by atoms with Gasteiger partial charge in [0.2, 0.25) is 5.91 Å². The molecule has 0 spiro atoms.